The van der Waals surface area contributed by atoms with Crippen LogP contribution >= 0.6 is 0 Å². The van der Waals surface area contributed by atoms with Gasteiger partial charge in [0.05, 0.1) is 7.11 Å². The van der Waals surface area contributed by atoms with Crippen molar-refractivity contribution in [3.63, 3.8) is 0 Å². The molecule has 0 atom stereocenters. The minimum Gasteiger partial charge on any atom is -0.479 e. The Labute approximate surface area is 137 Å². The molecule has 2 rings (SSSR count). The van der Waals surface area contributed by atoms with Crippen molar-refractivity contribution >= 4 is 5.91 Å². The first kappa shape index (κ1) is 16.9. The molecule has 0 saturated carbocycles. The molecule has 0 saturated heterocycles. The van der Waals surface area contributed by atoms with E-state index in [1.54, 1.807) is 19.5 Å². The minimum absolute atomic E-state index is 0.0155. The smallest absolute Gasteiger partial charge is 0.255 e. The summed E-state index contributed by atoms with van der Waals surface area (Å²) in [4.78, 5) is 23.5. The molecule has 5 nitrogen and oxygen atoms in total. The first-order chi connectivity index (χ1) is 11.0. The average molecular weight is 313 g/mol. The highest BCUT2D eigenvalue weighted by Gasteiger charge is 2.25. The van der Waals surface area contributed by atoms with Crippen molar-refractivity contribution in [2.75, 3.05) is 7.11 Å². The second kappa shape index (κ2) is 7.22. The largest absolute Gasteiger partial charge is 0.479 e. The maximum Gasteiger partial charge on any atom is 0.255 e. The molecule has 0 N–H and O–H groups in total. The minimum atomic E-state index is -0.0155. The molecule has 1 heterocycles. The van der Waals surface area contributed by atoms with E-state index in [0.717, 1.165) is 5.56 Å². The second-order valence-corrected chi connectivity index (χ2v) is 5.86. The molecule has 0 spiro atoms. The zero-order chi connectivity index (χ0) is 17.0. The van der Waals surface area contributed by atoms with E-state index in [1.165, 1.54) is 0 Å². The van der Waals surface area contributed by atoms with Gasteiger partial charge in [-0.1, -0.05) is 18.2 Å². The SMILES string of the molecule is COc1nccnc1-c1ccccc1C(=O)N(C(C)C)C(C)C. The number of rotatable bonds is 5. The van der Waals surface area contributed by atoms with E-state index in [9.17, 15) is 4.79 Å². The van der Waals surface area contributed by atoms with Crippen LogP contribution < -0.4 is 4.74 Å². The fourth-order valence-corrected chi connectivity index (χ4v) is 2.74. The lowest BCUT2D eigenvalue weighted by molar-refractivity contribution is 0.0644. The van der Waals surface area contributed by atoms with Crippen LogP contribution in [0.2, 0.25) is 0 Å². The number of carbonyl (C=O) groups is 1. The van der Waals surface area contributed by atoms with Gasteiger partial charge in [-0.05, 0) is 33.8 Å². The van der Waals surface area contributed by atoms with E-state index in [-0.39, 0.29) is 18.0 Å². The van der Waals surface area contributed by atoms with Gasteiger partial charge in [0.25, 0.3) is 5.91 Å². The third kappa shape index (κ3) is 3.50. The molecule has 0 fully saturated rings. The topological polar surface area (TPSA) is 55.3 Å². The number of aromatic nitrogens is 2. The van der Waals surface area contributed by atoms with Gasteiger partial charge in [0.1, 0.15) is 5.69 Å². The lowest BCUT2D eigenvalue weighted by Gasteiger charge is -2.31. The molecule has 5 heteroatoms. The van der Waals surface area contributed by atoms with Crippen LogP contribution in [0.5, 0.6) is 5.88 Å². The van der Waals surface area contributed by atoms with Crippen LogP contribution in [0.15, 0.2) is 36.7 Å². The molecule has 1 aromatic carbocycles. The molecule has 0 aliphatic carbocycles. The number of amides is 1. The van der Waals surface area contributed by atoms with Crippen LogP contribution in [0, 0.1) is 0 Å². The summed E-state index contributed by atoms with van der Waals surface area (Å²) in [5.74, 6) is 0.395. The average Bonchev–Trinajstić information content (AvgIpc) is 2.54. The highest BCUT2D eigenvalue weighted by atomic mass is 16.5. The van der Waals surface area contributed by atoms with Gasteiger partial charge in [0, 0.05) is 35.6 Å². The highest BCUT2D eigenvalue weighted by molar-refractivity contribution is 6.01. The highest BCUT2D eigenvalue weighted by Crippen LogP contribution is 2.29. The summed E-state index contributed by atoms with van der Waals surface area (Å²) in [5.41, 5.74) is 1.91. The maximum absolute atomic E-state index is 13.1. The van der Waals surface area contributed by atoms with Gasteiger partial charge in [-0.3, -0.25) is 4.79 Å². The van der Waals surface area contributed by atoms with Crippen LogP contribution in [0.3, 0.4) is 0 Å². The molecule has 0 unspecified atom stereocenters. The molecule has 1 amide bonds. The number of hydrogen-bond donors (Lipinski definition) is 0. The number of benzene rings is 1. The predicted octanol–water partition coefficient (Wildman–Crippen LogP) is 3.41. The first-order valence-corrected chi connectivity index (χ1v) is 7.74. The van der Waals surface area contributed by atoms with Crippen molar-refractivity contribution in [3.05, 3.63) is 42.2 Å². The molecule has 2 aromatic rings. The third-order valence-electron chi connectivity index (χ3n) is 3.62. The Morgan fingerprint density at radius 1 is 1.04 bits per heavy atom. The zero-order valence-corrected chi connectivity index (χ0v) is 14.3. The van der Waals surface area contributed by atoms with Crippen molar-refractivity contribution in [2.24, 2.45) is 0 Å². The van der Waals surface area contributed by atoms with E-state index in [2.05, 4.69) is 9.97 Å². The predicted molar refractivity (Wildman–Crippen MR) is 90.5 cm³/mol. The van der Waals surface area contributed by atoms with Gasteiger partial charge in [-0.15, -0.1) is 0 Å². The molecular weight excluding hydrogens is 290 g/mol. The Bertz CT molecular complexity index is 675. The van der Waals surface area contributed by atoms with Gasteiger partial charge in [0.15, 0.2) is 0 Å². The van der Waals surface area contributed by atoms with Gasteiger partial charge >= 0.3 is 0 Å². The van der Waals surface area contributed by atoms with Crippen molar-refractivity contribution in [1.82, 2.24) is 14.9 Å². The molecule has 0 bridgehead atoms. The number of methoxy groups -OCH3 is 1. The molecular formula is C18H23N3O2. The number of nitrogens with zero attached hydrogens (tertiary/aromatic N) is 3. The third-order valence-corrected chi connectivity index (χ3v) is 3.62. The molecule has 0 radical (unpaired) electrons. The standard InChI is InChI=1S/C18H23N3O2/c1-12(2)21(13(3)4)18(22)15-9-7-6-8-14(15)16-17(23-5)20-11-10-19-16/h6-13H,1-5H3. The van der Waals surface area contributed by atoms with Crippen LogP contribution in [-0.2, 0) is 0 Å². The zero-order valence-electron chi connectivity index (χ0n) is 14.3. The Morgan fingerprint density at radius 3 is 2.26 bits per heavy atom. The summed E-state index contributed by atoms with van der Waals surface area (Å²) < 4.78 is 5.29. The molecule has 122 valence electrons. The van der Waals surface area contributed by atoms with Crippen LogP contribution in [-0.4, -0.2) is 40.0 Å². The Morgan fingerprint density at radius 2 is 1.65 bits per heavy atom. The molecule has 1 aromatic heterocycles. The maximum atomic E-state index is 13.1. The quantitative estimate of drug-likeness (QED) is 0.849. The van der Waals surface area contributed by atoms with Gasteiger partial charge in [-0.25, -0.2) is 9.97 Å². The first-order valence-electron chi connectivity index (χ1n) is 7.74. The van der Waals surface area contributed by atoms with E-state index in [4.69, 9.17) is 4.74 Å². The van der Waals surface area contributed by atoms with E-state index in [0.29, 0.717) is 17.1 Å². The van der Waals surface area contributed by atoms with Gasteiger partial charge < -0.3 is 9.64 Å². The van der Waals surface area contributed by atoms with Crippen LogP contribution in [0.25, 0.3) is 11.3 Å². The summed E-state index contributed by atoms with van der Waals surface area (Å²) in [7, 11) is 1.55. The van der Waals surface area contributed by atoms with Crippen molar-refractivity contribution in [3.8, 4) is 17.1 Å². The van der Waals surface area contributed by atoms with Crippen LogP contribution in [0.1, 0.15) is 38.1 Å². The second-order valence-electron chi connectivity index (χ2n) is 5.86. The van der Waals surface area contributed by atoms with E-state index in [1.807, 2.05) is 56.9 Å². The van der Waals surface area contributed by atoms with E-state index < -0.39 is 0 Å². The fourth-order valence-electron chi connectivity index (χ4n) is 2.74. The number of carbonyl (C=O) groups excluding carboxylic acids is 1. The van der Waals surface area contributed by atoms with Crippen molar-refractivity contribution < 1.29 is 9.53 Å². The summed E-state index contributed by atoms with van der Waals surface area (Å²) >= 11 is 0. The molecule has 0 aliphatic heterocycles. The Kier molecular flexibility index (Phi) is 5.32. The lowest BCUT2D eigenvalue weighted by Crippen LogP contribution is -2.42. The van der Waals surface area contributed by atoms with Crippen LogP contribution in [0.4, 0.5) is 0 Å². The monoisotopic (exact) mass is 313 g/mol. The summed E-state index contributed by atoms with van der Waals surface area (Å²) in [5, 5.41) is 0. The van der Waals surface area contributed by atoms with E-state index >= 15 is 0 Å². The fraction of sp³-hybridized carbons (Fsp3) is 0.389. The van der Waals surface area contributed by atoms with Gasteiger partial charge in [0.2, 0.25) is 5.88 Å². The number of ether oxygens (including phenoxy) is 1. The summed E-state index contributed by atoms with van der Waals surface area (Å²) in [6.07, 6.45) is 3.17. The molecule has 23 heavy (non-hydrogen) atoms. The Balaban J connectivity index is 2.56. The lowest BCUT2D eigenvalue weighted by atomic mass is 10.0. The normalized spacial score (nSPS) is 10.9. The Hall–Kier alpha value is -2.43. The van der Waals surface area contributed by atoms with Crippen molar-refractivity contribution in [1.29, 1.82) is 0 Å². The number of hydrogen-bond acceptors (Lipinski definition) is 4. The van der Waals surface area contributed by atoms with Gasteiger partial charge in [-0.2, -0.15) is 0 Å². The summed E-state index contributed by atoms with van der Waals surface area (Å²) in [6, 6.07) is 7.66. The molecule has 0 aliphatic rings. The summed E-state index contributed by atoms with van der Waals surface area (Å²) in [6.45, 7) is 8.07. The van der Waals surface area contributed by atoms with Crippen molar-refractivity contribution in [2.45, 2.75) is 39.8 Å².